The first-order valence-corrected chi connectivity index (χ1v) is 6.16. The van der Waals surface area contributed by atoms with Crippen molar-refractivity contribution in [1.29, 1.82) is 0 Å². The van der Waals surface area contributed by atoms with Crippen LogP contribution in [0.1, 0.15) is 30.2 Å². The van der Waals surface area contributed by atoms with Crippen molar-refractivity contribution < 1.29 is 9.84 Å². The molecule has 94 valence electrons. The van der Waals surface area contributed by atoms with Gasteiger partial charge in [0.1, 0.15) is 11.9 Å². The Kier molecular flexibility index (Phi) is 2.80. The summed E-state index contributed by atoms with van der Waals surface area (Å²) in [4.78, 5) is 0. The lowest BCUT2D eigenvalue weighted by molar-refractivity contribution is 0.214. The first-order chi connectivity index (χ1) is 8.72. The molecule has 1 saturated carbocycles. The van der Waals surface area contributed by atoms with E-state index in [0.29, 0.717) is 11.8 Å². The van der Waals surface area contributed by atoms with Gasteiger partial charge >= 0.3 is 0 Å². The highest BCUT2D eigenvalue weighted by Crippen LogP contribution is 2.28. The number of nitrogens with zero attached hydrogens (tertiary/aromatic N) is 2. The summed E-state index contributed by atoms with van der Waals surface area (Å²) in [6, 6.07) is 9.40. The van der Waals surface area contributed by atoms with Crippen LogP contribution in [0.3, 0.4) is 0 Å². The summed E-state index contributed by atoms with van der Waals surface area (Å²) >= 11 is 0. The van der Waals surface area contributed by atoms with Crippen LogP contribution in [0.5, 0.6) is 5.75 Å². The van der Waals surface area contributed by atoms with Crippen LogP contribution in [-0.4, -0.2) is 21.0 Å². The quantitative estimate of drug-likeness (QED) is 0.895. The van der Waals surface area contributed by atoms with E-state index in [9.17, 15) is 5.11 Å². The van der Waals surface area contributed by atoms with Crippen LogP contribution in [-0.2, 0) is 7.05 Å². The summed E-state index contributed by atoms with van der Waals surface area (Å²) in [6.45, 7) is 0. The van der Waals surface area contributed by atoms with Gasteiger partial charge in [-0.2, -0.15) is 5.10 Å². The van der Waals surface area contributed by atoms with Crippen molar-refractivity contribution in [2.24, 2.45) is 7.05 Å². The molecule has 1 aromatic carbocycles. The van der Waals surface area contributed by atoms with E-state index in [-0.39, 0.29) is 0 Å². The van der Waals surface area contributed by atoms with Crippen LogP contribution in [0.25, 0.3) is 0 Å². The molecule has 0 amide bonds. The summed E-state index contributed by atoms with van der Waals surface area (Å²) < 4.78 is 7.35. The van der Waals surface area contributed by atoms with Gasteiger partial charge in [0.25, 0.3) is 0 Å². The molecule has 1 fully saturated rings. The standard InChI is InChI=1S/C14H16N2O2/c1-16-9-8-13(15-16)14(17)10-2-4-11(5-3-10)18-12-6-7-12/h2-5,8-9,12,14,17H,6-7H2,1H3. The Morgan fingerprint density at radius 1 is 1.28 bits per heavy atom. The Morgan fingerprint density at radius 3 is 2.56 bits per heavy atom. The normalized spacial score (nSPS) is 16.6. The molecular weight excluding hydrogens is 228 g/mol. The van der Waals surface area contributed by atoms with Gasteiger partial charge in [-0.15, -0.1) is 0 Å². The molecule has 3 rings (SSSR count). The Morgan fingerprint density at radius 2 is 2.00 bits per heavy atom. The number of ether oxygens (including phenoxy) is 1. The summed E-state index contributed by atoms with van der Waals surface area (Å²) in [5, 5.41) is 14.4. The highest BCUT2D eigenvalue weighted by Gasteiger charge is 2.23. The van der Waals surface area contributed by atoms with Crippen LogP contribution < -0.4 is 4.74 Å². The summed E-state index contributed by atoms with van der Waals surface area (Å²) in [5.41, 5.74) is 1.49. The molecule has 4 nitrogen and oxygen atoms in total. The summed E-state index contributed by atoms with van der Waals surface area (Å²) in [6.07, 6.45) is 3.84. The van der Waals surface area contributed by atoms with Gasteiger partial charge in [-0.3, -0.25) is 4.68 Å². The molecule has 18 heavy (non-hydrogen) atoms. The van der Waals surface area contributed by atoms with Crippen molar-refractivity contribution in [3.63, 3.8) is 0 Å². The number of rotatable bonds is 4. The van der Waals surface area contributed by atoms with Gasteiger partial charge in [-0.05, 0) is 36.6 Å². The molecule has 1 unspecified atom stereocenters. The number of aromatic nitrogens is 2. The minimum atomic E-state index is -0.679. The third-order valence-corrected chi connectivity index (χ3v) is 3.04. The molecule has 0 spiro atoms. The SMILES string of the molecule is Cn1ccc(C(O)c2ccc(OC3CC3)cc2)n1. The third-order valence-electron chi connectivity index (χ3n) is 3.04. The van der Waals surface area contributed by atoms with Gasteiger partial charge in [-0.1, -0.05) is 12.1 Å². The van der Waals surface area contributed by atoms with Crippen molar-refractivity contribution in [3.05, 3.63) is 47.8 Å². The van der Waals surface area contributed by atoms with Crippen LogP contribution in [0.2, 0.25) is 0 Å². The van der Waals surface area contributed by atoms with E-state index in [0.717, 1.165) is 24.2 Å². The zero-order chi connectivity index (χ0) is 12.5. The molecule has 0 saturated heterocycles. The molecule has 1 aliphatic rings. The molecule has 0 aliphatic heterocycles. The number of aryl methyl sites for hydroxylation is 1. The van der Waals surface area contributed by atoms with Gasteiger partial charge in [0.2, 0.25) is 0 Å². The van der Waals surface area contributed by atoms with Gasteiger partial charge in [0, 0.05) is 13.2 Å². The molecule has 1 aromatic heterocycles. The van der Waals surface area contributed by atoms with Gasteiger partial charge in [0.05, 0.1) is 11.8 Å². The Labute approximate surface area is 106 Å². The first-order valence-electron chi connectivity index (χ1n) is 6.16. The molecular formula is C14H16N2O2. The maximum atomic E-state index is 10.2. The molecule has 1 atom stereocenters. The topological polar surface area (TPSA) is 47.3 Å². The number of aliphatic hydroxyl groups is 1. The Hall–Kier alpha value is -1.81. The van der Waals surface area contributed by atoms with Crippen molar-refractivity contribution >= 4 is 0 Å². The van der Waals surface area contributed by atoms with Gasteiger partial charge in [-0.25, -0.2) is 0 Å². The predicted molar refractivity (Wildman–Crippen MR) is 67.4 cm³/mol. The van der Waals surface area contributed by atoms with Crippen LogP contribution in [0.4, 0.5) is 0 Å². The monoisotopic (exact) mass is 244 g/mol. The zero-order valence-corrected chi connectivity index (χ0v) is 10.3. The number of hydrogen-bond acceptors (Lipinski definition) is 3. The fourth-order valence-corrected chi connectivity index (χ4v) is 1.86. The van der Waals surface area contributed by atoms with E-state index < -0.39 is 6.10 Å². The van der Waals surface area contributed by atoms with Crippen molar-refractivity contribution in [1.82, 2.24) is 9.78 Å². The van der Waals surface area contributed by atoms with E-state index in [2.05, 4.69) is 5.10 Å². The fourth-order valence-electron chi connectivity index (χ4n) is 1.86. The van der Waals surface area contributed by atoms with Crippen LogP contribution in [0, 0.1) is 0 Å². The number of aliphatic hydroxyl groups excluding tert-OH is 1. The van der Waals surface area contributed by atoms with E-state index in [1.54, 1.807) is 4.68 Å². The summed E-state index contributed by atoms with van der Waals surface area (Å²) in [7, 11) is 1.84. The predicted octanol–water partition coefficient (Wildman–Crippen LogP) is 2.04. The van der Waals surface area contributed by atoms with Gasteiger partial charge in [0.15, 0.2) is 0 Å². The number of benzene rings is 1. The average molecular weight is 244 g/mol. The van der Waals surface area contributed by atoms with Crippen LogP contribution >= 0.6 is 0 Å². The van der Waals surface area contributed by atoms with Gasteiger partial charge < -0.3 is 9.84 Å². The first kappa shape index (κ1) is 11.3. The fraction of sp³-hybridized carbons (Fsp3) is 0.357. The van der Waals surface area contributed by atoms with E-state index in [1.165, 1.54) is 0 Å². The second kappa shape index (κ2) is 4.46. The Balaban J connectivity index is 1.74. The minimum absolute atomic E-state index is 0.400. The molecule has 4 heteroatoms. The molecule has 0 bridgehead atoms. The van der Waals surface area contributed by atoms with E-state index >= 15 is 0 Å². The smallest absolute Gasteiger partial charge is 0.123 e. The van der Waals surface area contributed by atoms with Crippen molar-refractivity contribution in [2.75, 3.05) is 0 Å². The average Bonchev–Trinajstić information content (AvgIpc) is 3.09. The molecule has 1 aliphatic carbocycles. The van der Waals surface area contributed by atoms with Crippen LogP contribution in [0.15, 0.2) is 36.5 Å². The summed E-state index contributed by atoms with van der Waals surface area (Å²) in [5.74, 6) is 0.870. The lowest BCUT2D eigenvalue weighted by Gasteiger charge is -2.09. The molecule has 0 radical (unpaired) electrons. The second-order valence-electron chi connectivity index (χ2n) is 4.70. The van der Waals surface area contributed by atoms with E-state index in [1.807, 2.05) is 43.6 Å². The van der Waals surface area contributed by atoms with E-state index in [4.69, 9.17) is 4.74 Å². The second-order valence-corrected chi connectivity index (χ2v) is 4.70. The maximum absolute atomic E-state index is 10.2. The lowest BCUT2D eigenvalue weighted by atomic mass is 10.1. The zero-order valence-electron chi connectivity index (χ0n) is 10.3. The highest BCUT2D eigenvalue weighted by molar-refractivity contribution is 5.32. The lowest BCUT2D eigenvalue weighted by Crippen LogP contribution is -2.02. The van der Waals surface area contributed by atoms with Crippen molar-refractivity contribution in [3.8, 4) is 5.75 Å². The Bertz CT molecular complexity index is 529. The minimum Gasteiger partial charge on any atom is -0.490 e. The van der Waals surface area contributed by atoms with Crippen molar-refractivity contribution in [2.45, 2.75) is 25.0 Å². The number of hydrogen-bond donors (Lipinski definition) is 1. The maximum Gasteiger partial charge on any atom is 0.123 e. The molecule has 1 heterocycles. The highest BCUT2D eigenvalue weighted by atomic mass is 16.5. The largest absolute Gasteiger partial charge is 0.490 e. The molecule has 1 N–H and O–H groups in total. The molecule has 2 aromatic rings. The third kappa shape index (κ3) is 2.38.